The SMILES string of the molecule is CC(C)Sc1ccc(CC(=O)N(Cc2cccnc2)c2nc3c(Cl)cccc3s2)cc1. The highest BCUT2D eigenvalue weighted by molar-refractivity contribution is 7.99. The summed E-state index contributed by atoms with van der Waals surface area (Å²) in [6, 6.07) is 17.7. The first-order valence-electron chi connectivity index (χ1n) is 9.99. The fourth-order valence-electron chi connectivity index (χ4n) is 3.18. The second-order valence-electron chi connectivity index (χ2n) is 7.41. The van der Waals surface area contributed by atoms with Crippen molar-refractivity contribution < 1.29 is 4.79 Å². The second-order valence-corrected chi connectivity index (χ2v) is 10.5. The molecule has 0 atom stereocenters. The Morgan fingerprint density at radius 1 is 1.10 bits per heavy atom. The molecule has 4 rings (SSSR count). The highest BCUT2D eigenvalue weighted by atomic mass is 35.5. The minimum atomic E-state index is -0.0108. The van der Waals surface area contributed by atoms with Gasteiger partial charge in [-0.2, -0.15) is 0 Å². The number of amides is 1. The number of aromatic nitrogens is 2. The van der Waals surface area contributed by atoms with Crippen LogP contribution in [0.15, 0.2) is 71.9 Å². The third kappa shape index (κ3) is 5.45. The van der Waals surface area contributed by atoms with Crippen LogP contribution in [0.4, 0.5) is 5.13 Å². The molecule has 0 aliphatic carbocycles. The van der Waals surface area contributed by atoms with Gasteiger partial charge in [0.15, 0.2) is 5.13 Å². The van der Waals surface area contributed by atoms with Crippen molar-refractivity contribution in [2.75, 3.05) is 4.90 Å². The minimum Gasteiger partial charge on any atom is -0.283 e. The van der Waals surface area contributed by atoms with Crippen molar-refractivity contribution in [1.82, 2.24) is 9.97 Å². The lowest BCUT2D eigenvalue weighted by atomic mass is 10.1. The molecule has 7 heteroatoms. The zero-order valence-electron chi connectivity index (χ0n) is 17.3. The van der Waals surface area contributed by atoms with Crippen molar-refractivity contribution >= 4 is 56.0 Å². The van der Waals surface area contributed by atoms with Crippen LogP contribution in [0.3, 0.4) is 0 Å². The first-order chi connectivity index (χ1) is 15.0. The molecular formula is C24H22ClN3OS2. The van der Waals surface area contributed by atoms with E-state index >= 15 is 0 Å². The Kier molecular flexibility index (Phi) is 6.90. The number of fused-ring (bicyclic) bond motifs is 1. The van der Waals surface area contributed by atoms with E-state index in [0.717, 1.165) is 21.3 Å². The summed E-state index contributed by atoms with van der Waals surface area (Å²) >= 11 is 9.61. The van der Waals surface area contributed by atoms with Gasteiger partial charge in [-0.3, -0.25) is 14.7 Å². The van der Waals surface area contributed by atoms with Crippen molar-refractivity contribution in [1.29, 1.82) is 0 Å². The summed E-state index contributed by atoms with van der Waals surface area (Å²) in [6.45, 7) is 4.75. The monoisotopic (exact) mass is 467 g/mol. The second kappa shape index (κ2) is 9.81. The van der Waals surface area contributed by atoms with Crippen LogP contribution in [-0.4, -0.2) is 21.1 Å². The average molecular weight is 468 g/mol. The Bertz CT molecular complexity index is 1180. The third-order valence-corrected chi connectivity index (χ3v) is 6.97. The molecule has 0 saturated heterocycles. The molecule has 0 aliphatic heterocycles. The Balaban J connectivity index is 1.61. The predicted molar refractivity (Wildman–Crippen MR) is 131 cm³/mol. The van der Waals surface area contributed by atoms with Crippen molar-refractivity contribution in [3.63, 3.8) is 0 Å². The quantitative estimate of drug-likeness (QED) is 0.286. The molecule has 0 bridgehead atoms. The lowest BCUT2D eigenvalue weighted by molar-refractivity contribution is -0.118. The van der Waals surface area contributed by atoms with Crippen LogP contribution in [0, 0.1) is 0 Å². The molecule has 0 N–H and O–H groups in total. The molecule has 0 radical (unpaired) electrons. The van der Waals surface area contributed by atoms with Crippen molar-refractivity contribution in [3.05, 3.63) is 83.1 Å². The van der Waals surface area contributed by atoms with Crippen LogP contribution >= 0.6 is 34.7 Å². The van der Waals surface area contributed by atoms with Gasteiger partial charge < -0.3 is 0 Å². The number of thioether (sulfide) groups is 1. The van der Waals surface area contributed by atoms with Gasteiger partial charge in [-0.25, -0.2) is 4.98 Å². The van der Waals surface area contributed by atoms with Gasteiger partial charge in [0.05, 0.1) is 22.7 Å². The van der Waals surface area contributed by atoms with Gasteiger partial charge in [0, 0.05) is 22.5 Å². The first-order valence-corrected chi connectivity index (χ1v) is 12.1. The number of thiazole rings is 1. The smallest absolute Gasteiger partial charge is 0.233 e. The molecule has 0 unspecified atom stereocenters. The number of para-hydroxylation sites is 1. The lowest BCUT2D eigenvalue weighted by Crippen LogP contribution is -2.31. The molecule has 31 heavy (non-hydrogen) atoms. The number of carbonyl (C=O) groups excluding carboxylic acids is 1. The third-order valence-electron chi connectivity index (χ3n) is 4.60. The van der Waals surface area contributed by atoms with E-state index in [1.165, 1.54) is 16.2 Å². The summed E-state index contributed by atoms with van der Waals surface area (Å²) < 4.78 is 0.960. The van der Waals surface area contributed by atoms with E-state index in [1.807, 2.05) is 54.2 Å². The van der Waals surface area contributed by atoms with Gasteiger partial charge in [0.2, 0.25) is 5.91 Å². The molecule has 0 aliphatic rings. The minimum absolute atomic E-state index is 0.0108. The molecule has 4 nitrogen and oxygen atoms in total. The van der Waals surface area contributed by atoms with E-state index in [4.69, 9.17) is 11.6 Å². The summed E-state index contributed by atoms with van der Waals surface area (Å²) in [4.78, 5) is 25.2. The fourth-order valence-corrected chi connectivity index (χ4v) is 5.30. The van der Waals surface area contributed by atoms with Crippen LogP contribution in [0.25, 0.3) is 10.2 Å². The number of carbonyl (C=O) groups is 1. The molecule has 4 aromatic rings. The fraction of sp³-hybridized carbons (Fsp3) is 0.208. The van der Waals surface area contributed by atoms with Crippen molar-refractivity contribution in [2.24, 2.45) is 0 Å². The van der Waals surface area contributed by atoms with Crippen LogP contribution in [-0.2, 0) is 17.8 Å². The van der Waals surface area contributed by atoms with E-state index in [1.54, 1.807) is 17.3 Å². The van der Waals surface area contributed by atoms with Crippen molar-refractivity contribution in [3.8, 4) is 0 Å². The lowest BCUT2D eigenvalue weighted by Gasteiger charge is -2.20. The molecule has 2 heterocycles. The summed E-state index contributed by atoms with van der Waals surface area (Å²) in [6.07, 6.45) is 3.80. The maximum absolute atomic E-state index is 13.4. The Morgan fingerprint density at radius 3 is 2.58 bits per heavy atom. The number of rotatable bonds is 7. The summed E-state index contributed by atoms with van der Waals surface area (Å²) in [5.74, 6) is -0.0108. The van der Waals surface area contributed by atoms with Crippen molar-refractivity contribution in [2.45, 2.75) is 37.0 Å². The van der Waals surface area contributed by atoms with E-state index < -0.39 is 0 Å². The highest BCUT2D eigenvalue weighted by Gasteiger charge is 2.21. The number of halogens is 1. The number of hydrogen-bond acceptors (Lipinski definition) is 5. The van der Waals surface area contributed by atoms with Gasteiger partial charge >= 0.3 is 0 Å². The predicted octanol–water partition coefficient (Wildman–Crippen LogP) is 6.62. The van der Waals surface area contributed by atoms with Crippen LogP contribution in [0.2, 0.25) is 5.02 Å². The van der Waals surface area contributed by atoms with Gasteiger partial charge in [0.1, 0.15) is 5.52 Å². The summed E-state index contributed by atoms with van der Waals surface area (Å²) in [5, 5.41) is 1.75. The average Bonchev–Trinajstić information content (AvgIpc) is 3.19. The molecule has 2 aromatic heterocycles. The van der Waals surface area contributed by atoms with Crippen LogP contribution in [0.5, 0.6) is 0 Å². The number of pyridine rings is 1. The van der Waals surface area contributed by atoms with Gasteiger partial charge in [-0.1, -0.05) is 61.1 Å². The number of benzene rings is 2. The molecule has 0 saturated carbocycles. The normalized spacial score (nSPS) is 11.2. The molecule has 158 valence electrons. The Hall–Kier alpha value is -2.41. The maximum Gasteiger partial charge on any atom is 0.233 e. The Labute approximate surface area is 195 Å². The zero-order chi connectivity index (χ0) is 21.8. The zero-order valence-corrected chi connectivity index (χ0v) is 19.7. The van der Waals surface area contributed by atoms with Gasteiger partial charge in [0.25, 0.3) is 0 Å². The molecular weight excluding hydrogens is 446 g/mol. The van der Waals surface area contributed by atoms with Crippen LogP contribution < -0.4 is 4.90 Å². The topological polar surface area (TPSA) is 46.1 Å². The Morgan fingerprint density at radius 2 is 1.90 bits per heavy atom. The number of nitrogens with zero attached hydrogens (tertiary/aromatic N) is 3. The molecule has 1 amide bonds. The maximum atomic E-state index is 13.4. The highest BCUT2D eigenvalue weighted by Crippen LogP contribution is 2.34. The largest absolute Gasteiger partial charge is 0.283 e. The standard InChI is InChI=1S/C24H22ClN3OS2/c1-16(2)30-19-10-8-17(9-11-19)13-22(29)28(15-18-5-4-12-26-14-18)24-27-23-20(25)6-3-7-21(23)31-24/h3-12,14,16H,13,15H2,1-2H3. The van der Waals surface area contributed by atoms with Crippen LogP contribution in [0.1, 0.15) is 25.0 Å². The van der Waals surface area contributed by atoms with E-state index in [-0.39, 0.29) is 5.91 Å². The van der Waals surface area contributed by atoms with Gasteiger partial charge in [-0.05, 0) is 41.5 Å². The summed E-state index contributed by atoms with van der Waals surface area (Å²) in [7, 11) is 0. The summed E-state index contributed by atoms with van der Waals surface area (Å²) in [5.41, 5.74) is 2.65. The van der Waals surface area contributed by atoms with E-state index in [0.29, 0.717) is 28.4 Å². The molecule has 0 fully saturated rings. The van der Waals surface area contributed by atoms with E-state index in [2.05, 4.69) is 35.9 Å². The number of anilines is 1. The molecule has 2 aromatic carbocycles. The van der Waals surface area contributed by atoms with Gasteiger partial charge in [-0.15, -0.1) is 11.8 Å². The number of hydrogen-bond donors (Lipinski definition) is 0. The molecule has 0 spiro atoms. The first kappa shape index (κ1) is 21.8. The van der Waals surface area contributed by atoms with E-state index in [9.17, 15) is 4.79 Å².